The Morgan fingerprint density at radius 2 is 2.00 bits per heavy atom. The molecule has 0 aliphatic rings. The number of nitrogens with two attached hydrogens (primary N) is 1. The first-order valence-electron chi connectivity index (χ1n) is 6.02. The van der Waals surface area contributed by atoms with Gasteiger partial charge in [-0.3, -0.25) is 4.79 Å². The number of nitrogens with one attached hydrogen (secondary N) is 1. The molecule has 0 heterocycles. The number of aromatic hydroxyl groups is 1. The Morgan fingerprint density at radius 3 is 2.56 bits per heavy atom. The molecule has 0 fully saturated rings. The molecule has 1 unspecified atom stereocenters. The van der Waals surface area contributed by atoms with E-state index < -0.39 is 12.1 Å². The van der Waals surface area contributed by atoms with Crippen molar-refractivity contribution in [1.82, 2.24) is 5.32 Å². The summed E-state index contributed by atoms with van der Waals surface area (Å²) in [7, 11) is 0. The van der Waals surface area contributed by atoms with E-state index in [2.05, 4.69) is 5.32 Å². The number of aliphatic hydroxyl groups is 1. The molecule has 100 valence electrons. The Balaban J connectivity index is 2.42. The lowest BCUT2D eigenvalue weighted by Gasteiger charge is -2.14. The Labute approximate surface area is 107 Å². The van der Waals surface area contributed by atoms with Crippen molar-refractivity contribution >= 4 is 5.91 Å². The lowest BCUT2D eigenvalue weighted by molar-refractivity contribution is -0.122. The van der Waals surface area contributed by atoms with Crippen molar-refractivity contribution in [3.8, 4) is 5.75 Å². The lowest BCUT2D eigenvalue weighted by atomic mass is 10.1. The van der Waals surface area contributed by atoms with Crippen LogP contribution in [-0.4, -0.2) is 34.8 Å². The summed E-state index contributed by atoms with van der Waals surface area (Å²) in [5.41, 5.74) is 6.64. The fourth-order valence-corrected chi connectivity index (χ4v) is 1.47. The van der Waals surface area contributed by atoms with Crippen LogP contribution in [-0.2, 0) is 11.2 Å². The minimum absolute atomic E-state index is 0.183. The topological polar surface area (TPSA) is 95.6 Å². The Hall–Kier alpha value is -1.59. The van der Waals surface area contributed by atoms with Crippen molar-refractivity contribution in [3.05, 3.63) is 29.8 Å². The summed E-state index contributed by atoms with van der Waals surface area (Å²) in [6, 6.07) is 5.91. The summed E-state index contributed by atoms with van der Waals surface area (Å²) >= 11 is 0. The molecule has 0 saturated heterocycles. The molecule has 18 heavy (non-hydrogen) atoms. The Morgan fingerprint density at radius 1 is 1.39 bits per heavy atom. The molecule has 1 rings (SSSR count). The van der Waals surface area contributed by atoms with Crippen molar-refractivity contribution in [1.29, 1.82) is 0 Å². The fourth-order valence-electron chi connectivity index (χ4n) is 1.47. The highest BCUT2D eigenvalue weighted by atomic mass is 16.3. The molecule has 0 bridgehead atoms. The smallest absolute Gasteiger partial charge is 0.237 e. The van der Waals surface area contributed by atoms with Crippen LogP contribution in [0.3, 0.4) is 0 Å². The highest BCUT2D eigenvalue weighted by Gasteiger charge is 2.14. The molecule has 0 aliphatic heterocycles. The number of hydrogen-bond acceptors (Lipinski definition) is 4. The van der Waals surface area contributed by atoms with Gasteiger partial charge in [-0.2, -0.15) is 0 Å². The van der Waals surface area contributed by atoms with Crippen LogP contribution in [0.4, 0.5) is 0 Å². The predicted octanol–water partition coefficient (Wildman–Crippen LogP) is 0.149. The first-order chi connectivity index (χ1) is 8.52. The zero-order chi connectivity index (χ0) is 13.5. The number of phenols is 1. The first-order valence-corrected chi connectivity index (χ1v) is 6.02. The second-order valence-electron chi connectivity index (χ2n) is 4.28. The largest absolute Gasteiger partial charge is 0.508 e. The lowest BCUT2D eigenvalue weighted by Crippen LogP contribution is -2.44. The van der Waals surface area contributed by atoms with Crippen LogP contribution in [0.2, 0.25) is 0 Å². The molecular formula is C13H20N2O3. The van der Waals surface area contributed by atoms with Crippen LogP contribution in [0.15, 0.2) is 24.3 Å². The zero-order valence-corrected chi connectivity index (χ0v) is 10.5. The predicted molar refractivity (Wildman–Crippen MR) is 69.1 cm³/mol. The van der Waals surface area contributed by atoms with Gasteiger partial charge in [0, 0.05) is 6.54 Å². The van der Waals surface area contributed by atoms with E-state index >= 15 is 0 Å². The number of carbonyl (C=O) groups excluding carboxylic acids is 1. The minimum Gasteiger partial charge on any atom is -0.508 e. The number of aliphatic hydroxyl groups excluding tert-OH is 1. The average molecular weight is 252 g/mol. The quantitative estimate of drug-likeness (QED) is 0.579. The van der Waals surface area contributed by atoms with Gasteiger partial charge in [-0.15, -0.1) is 0 Å². The maximum Gasteiger partial charge on any atom is 0.237 e. The van der Waals surface area contributed by atoms with Gasteiger partial charge in [-0.1, -0.05) is 19.1 Å². The van der Waals surface area contributed by atoms with Crippen LogP contribution in [0.25, 0.3) is 0 Å². The van der Waals surface area contributed by atoms with E-state index in [1.165, 1.54) is 0 Å². The normalized spacial score (nSPS) is 13.9. The Bertz CT molecular complexity index is 378. The van der Waals surface area contributed by atoms with E-state index in [1.807, 2.05) is 6.92 Å². The molecule has 1 aromatic carbocycles. The highest BCUT2D eigenvalue weighted by Crippen LogP contribution is 2.10. The third-order valence-electron chi connectivity index (χ3n) is 2.71. The van der Waals surface area contributed by atoms with Crippen molar-refractivity contribution < 1.29 is 15.0 Å². The Kier molecular flexibility index (Phi) is 5.61. The first kappa shape index (κ1) is 14.5. The maximum atomic E-state index is 11.6. The number of hydrogen-bond donors (Lipinski definition) is 4. The maximum absolute atomic E-state index is 11.6. The van der Waals surface area contributed by atoms with E-state index in [4.69, 9.17) is 10.8 Å². The van der Waals surface area contributed by atoms with E-state index in [0.717, 1.165) is 5.56 Å². The van der Waals surface area contributed by atoms with Crippen LogP contribution < -0.4 is 11.1 Å². The molecule has 0 aliphatic carbocycles. The zero-order valence-electron chi connectivity index (χ0n) is 10.5. The number of phenolic OH excluding ortho intramolecular Hbond substituents is 1. The van der Waals surface area contributed by atoms with Gasteiger partial charge in [0.25, 0.3) is 0 Å². The second kappa shape index (κ2) is 6.98. The molecule has 5 N–H and O–H groups in total. The van der Waals surface area contributed by atoms with Gasteiger partial charge < -0.3 is 21.3 Å². The van der Waals surface area contributed by atoms with Gasteiger partial charge in [0.2, 0.25) is 5.91 Å². The van der Waals surface area contributed by atoms with Crippen LogP contribution >= 0.6 is 0 Å². The van der Waals surface area contributed by atoms with Crippen LogP contribution in [0.1, 0.15) is 18.9 Å². The molecule has 5 heteroatoms. The summed E-state index contributed by atoms with van der Waals surface area (Å²) in [6.45, 7) is 2.06. The molecule has 1 amide bonds. The minimum atomic E-state index is -0.654. The van der Waals surface area contributed by atoms with Crippen molar-refractivity contribution in [3.63, 3.8) is 0 Å². The number of carbonyl (C=O) groups is 1. The molecule has 0 aromatic heterocycles. The molecule has 0 spiro atoms. The monoisotopic (exact) mass is 252 g/mol. The molecule has 1 aromatic rings. The second-order valence-corrected chi connectivity index (χ2v) is 4.28. The number of rotatable bonds is 6. The van der Waals surface area contributed by atoms with Gasteiger partial charge in [0.1, 0.15) is 5.75 Å². The van der Waals surface area contributed by atoms with Gasteiger partial charge in [-0.25, -0.2) is 0 Å². The standard InChI is InChI=1S/C13H20N2O3/c1-2-10(16)8-15-13(18)12(14)7-9-3-5-11(17)6-4-9/h3-6,10,12,16-17H,2,7-8,14H2,1H3,(H,15,18)/t10?,12-/m0/s1. The van der Waals surface area contributed by atoms with Gasteiger partial charge >= 0.3 is 0 Å². The van der Waals surface area contributed by atoms with E-state index in [0.29, 0.717) is 12.8 Å². The molecule has 2 atom stereocenters. The fraction of sp³-hybridized carbons (Fsp3) is 0.462. The van der Waals surface area contributed by atoms with Crippen LogP contribution in [0.5, 0.6) is 5.75 Å². The number of benzene rings is 1. The van der Waals surface area contributed by atoms with Crippen LogP contribution in [0, 0.1) is 0 Å². The third kappa shape index (κ3) is 4.73. The van der Waals surface area contributed by atoms with Crippen molar-refractivity contribution in [2.45, 2.75) is 31.9 Å². The molecule has 0 saturated carbocycles. The third-order valence-corrected chi connectivity index (χ3v) is 2.71. The van der Waals surface area contributed by atoms with E-state index in [9.17, 15) is 9.90 Å². The molecule has 0 radical (unpaired) electrons. The summed E-state index contributed by atoms with van der Waals surface area (Å²) in [5.74, 6) is -0.0987. The molecule has 5 nitrogen and oxygen atoms in total. The highest BCUT2D eigenvalue weighted by molar-refractivity contribution is 5.81. The number of amides is 1. The van der Waals surface area contributed by atoms with Crippen molar-refractivity contribution in [2.75, 3.05) is 6.54 Å². The van der Waals surface area contributed by atoms with E-state index in [-0.39, 0.29) is 18.2 Å². The summed E-state index contributed by atoms with van der Waals surface area (Å²) in [6.07, 6.45) is 0.455. The SMILES string of the molecule is CCC(O)CNC(=O)[C@@H](N)Cc1ccc(O)cc1. The van der Waals surface area contributed by atoms with Gasteiger partial charge in [0.05, 0.1) is 12.1 Å². The summed E-state index contributed by atoms with van der Waals surface area (Å²) in [4.78, 5) is 11.6. The van der Waals surface area contributed by atoms with Gasteiger partial charge in [0.15, 0.2) is 0 Å². The summed E-state index contributed by atoms with van der Waals surface area (Å²) in [5, 5.41) is 21.1. The van der Waals surface area contributed by atoms with Crippen molar-refractivity contribution in [2.24, 2.45) is 5.73 Å². The van der Waals surface area contributed by atoms with Gasteiger partial charge in [-0.05, 0) is 30.5 Å². The molecular weight excluding hydrogens is 232 g/mol. The average Bonchev–Trinajstić information content (AvgIpc) is 2.38. The van der Waals surface area contributed by atoms with E-state index in [1.54, 1.807) is 24.3 Å². The summed E-state index contributed by atoms with van der Waals surface area (Å²) < 4.78 is 0.